The zero-order valence-corrected chi connectivity index (χ0v) is 12.4. The molecule has 1 unspecified atom stereocenters. The van der Waals surface area contributed by atoms with Crippen molar-refractivity contribution in [3.63, 3.8) is 0 Å². The van der Waals surface area contributed by atoms with Gasteiger partial charge in [-0.1, -0.05) is 6.42 Å². The summed E-state index contributed by atoms with van der Waals surface area (Å²) in [6, 6.07) is 3.99. The second-order valence-electron chi connectivity index (χ2n) is 4.63. The van der Waals surface area contributed by atoms with Crippen LogP contribution in [0.15, 0.2) is 29.4 Å². The minimum absolute atomic E-state index is 0.309. The molecule has 0 aliphatic heterocycles. The van der Waals surface area contributed by atoms with Crippen LogP contribution in [0.2, 0.25) is 0 Å². The van der Waals surface area contributed by atoms with Crippen LogP contribution in [0.5, 0.6) is 0 Å². The molecule has 0 amide bonds. The topological polar surface area (TPSA) is 65.2 Å². The SMILES string of the molecule is CCOC(=O)C(C)(N)CCCCSc1ccncc1. The van der Waals surface area contributed by atoms with Crippen LogP contribution in [0.25, 0.3) is 0 Å². The van der Waals surface area contributed by atoms with Crippen molar-refractivity contribution in [1.29, 1.82) is 0 Å². The third-order valence-corrected chi connectivity index (χ3v) is 3.85. The van der Waals surface area contributed by atoms with Crippen molar-refractivity contribution in [2.24, 2.45) is 5.73 Å². The van der Waals surface area contributed by atoms with E-state index >= 15 is 0 Å². The van der Waals surface area contributed by atoms with Crippen LogP contribution in [-0.4, -0.2) is 28.9 Å². The number of nitrogens with two attached hydrogens (primary N) is 1. The highest BCUT2D eigenvalue weighted by Gasteiger charge is 2.28. The van der Waals surface area contributed by atoms with Crippen molar-refractivity contribution in [2.75, 3.05) is 12.4 Å². The molecule has 4 nitrogen and oxygen atoms in total. The maximum Gasteiger partial charge on any atom is 0.325 e. The minimum Gasteiger partial charge on any atom is -0.465 e. The van der Waals surface area contributed by atoms with Gasteiger partial charge >= 0.3 is 5.97 Å². The number of rotatable bonds is 8. The number of unbranched alkanes of at least 4 members (excludes halogenated alkanes) is 1. The van der Waals surface area contributed by atoms with Crippen LogP contribution in [0.4, 0.5) is 0 Å². The lowest BCUT2D eigenvalue weighted by Gasteiger charge is -2.21. The Bertz CT molecular complexity index is 382. The van der Waals surface area contributed by atoms with E-state index in [1.165, 1.54) is 4.90 Å². The zero-order valence-electron chi connectivity index (χ0n) is 11.6. The Morgan fingerprint density at radius 3 is 2.74 bits per heavy atom. The van der Waals surface area contributed by atoms with Crippen LogP contribution < -0.4 is 5.73 Å². The molecule has 1 rings (SSSR count). The Kier molecular flexibility index (Phi) is 6.87. The highest BCUT2D eigenvalue weighted by Crippen LogP contribution is 2.20. The van der Waals surface area contributed by atoms with Crippen molar-refractivity contribution < 1.29 is 9.53 Å². The van der Waals surface area contributed by atoms with Gasteiger partial charge in [-0.25, -0.2) is 0 Å². The van der Waals surface area contributed by atoms with Gasteiger partial charge < -0.3 is 10.5 Å². The quantitative estimate of drug-likeness (QED) is 0.451. The number of carbonyl (C=O) groups excluding carboxylic acids is 1. The van der Waals surface area contributed by atoms with Gasteiger partial charge in [0.2, 0.25) is 0 Å². The summed E-state index contributed by atoms with van der Waals surface area (Å²) in [6.45, 7) is 3.91. The van der Waals surface area contributed by atoms with Crippen LogP contribution in [0.3, 0.4) is 0 Å². The first kappa shape index (κ1) is 16.0. The molecule has 1 aromatic rings. The summed E-state index contributed by atoms with van der Waals surface area (Å²) in [5.74, 6) is 0.708. The summed E-state index contributed by atoms with van der Waals surface area (Å²) in [4.78, 5) is 16.8. The number of ether oxygens (including phenoxy) is 1. The molecule has 0 spiro atoms. The molecule has 0 fully saturated rings. The second kappa shape index (κ2) is 8.17. The lowest BCUT2D eigenvalue weighted by atomic mass is 9.96. The fraction of sp³-hybridized carbons (Fsp3) is 0.571. The van der Waals surface area contributed by atoms with E-state index in [9.17, 15) is 4.79 Å². The molecule has 0 aliphatic rings. The maximum atomic E-state index is 11.6. The molecule has 0 radical (unpaired) electrons. The lowest BCUT2D eigenvalue weighted by molar-refractivity contribution is -0.149. The van der Waals surface area contributed by atoms with E-state index < -0.39 is 5.54 Å². The van der Waals surface area contributed by atoms with Crippen molar-refractivity contribution in [2.45, 2.75) is 43.5 Å². The number of esters is 1. The molecule has 1 aromatic heterocycles. The molecule has 106 valence electrons. The van der Waals surface area contributed by atoms with Gasteiger partial charge in [0, 0.05) is 17.3 Å². The third-order valence-electron chi connectivity index (χ3n) is 2.75. The van der Waals surface area contributed by atoms with Crippen molar-refractivity contribution in [1.82, 2.24) is 4.98 Å². The molecule has 1 heterocycles. The summed E-state index contributed by atoms with van der Waals surface area (Å²) in [5.41, 5.74) is 5.09. The van der Waals surface area contributed by atoms with Crippen molar-refractivity contribution in [3.05, 3.63) is 24.5 Å². The standard InChI is InChI=1S/C14H22N2O2S/c1-3-18-13(17)14(2,15)8-4-5-11-19-12-6-9-16-10-7-12/h6-7,9-10H,3-5,8,11,15H2,1-2H3. The molecule has 0 aliphatic carbocycles. The Labute approximate surface area is 119 Å². The van der Waals surface area contributed by atoms with Crippen LogP contribution >= 0.6 is 11.8 Å². The largest absolute Gasteiger partial charge is 0.465 e. The highest BCUT2D eigenvalue weighted by molar-refractivity contribution is 7.99. The number of aromatic nitrogens is 1. The minimum atomic E-state index is -0.864. The highest BCUT2D eigenvalue weighted by atomic mass is 32.2. The summed E-state index contributed by atoms with van der Waals surface area (Å²) in [5, 5.41) is 0. The Morgan fingerprint density at radius 1 is 1.42 bits per heavy atom. The van der Waals surface area contributed by atoms with Gasteiger partial charge in [0.1, 0.15) is 5.54 Å². The molecule has 2 N–H and O–H groups in total. The molecule has 0 aromatic carbocycles. The van der Waals surface area contributed by atoms with Gasteiger partial charge in [-0.3, -0.25) is 9.78 Å². The Hall–Kier alpha value is -1.07. The van der Waals surface area contributed by atoms with E-state index in [-0.39, 0.29) is 5.97 Å². The summed E-state index contributed by atoms with van der Waals surface area (Å²) >= 11 is 1.79. The number of nitrogens with zero attached hydrogens (tertiary/aromatic N) is 1. The van der Waals surface area contributed by atoms with Crippen molar-refractivity contribution in [3.8, 4) is 0 Å². The van der Waals surface area contributed by atoms with E-state index in [0.29, 0.717) is 13.0 Å². The molecule has 19 heavy (non-hydrogen) atoms. The average Bonchev–Trinajstić information content (AvgIpc) is 2.39. The predicted molar refractivity (Wildman–Crippen MR) is 78.0 cm³/mol. The lowest BCUT2D eigenvalue weighted by Crippen LogP contribution is -2.46. The van der Waals surface area contributed by atoms with Gasteiger partial charge in [0.25, 0.3) is 0 Å². The first-order chi connectivity index (χ1) is 9.06. The molecule has 5 heteroatoms. The first-order valence-corrected chi connectivity index (χ1v) is 7.54. The normalized spacial score (nSPS) is 13.8. The van der Waals surface area contributed by atoms with Gasteiger partial charge in [-0.2, -0.15) is 0 Å². The monoisotopic (exact) mass is 282 g/mol. The smallest absolute Gasteiger partial charge is 0.325 e. The van der Waals surface area contributed by atoms with E-state index in [2.05, 4.69) is 4.98 Å². The summed E-state index contributed by atoms with van der Waals surface area (Å²) < 4.78 is 4.96. The van der Waals surface area contributed by atoms with E-state index in [1.54, 1.807) is 38.0 Å². The van der Waals surface area contributed by atoms with Gasteiger partial charge in [-0.15, -0.1) is 11.8 Å². The molecule has 1 atom stereocenters. The van der Waals surface area contributed by atoms with Gasteiger partial charge in [-0.05, 0) is 44.6 Å². The molecular weight excluding hydrogens is 260 g/mol. The Balaban J connectivity index is 2.18. The van der Waals surface area contributed by atoms with Crippen LogP contribution in [-0.2, 0) is 9.53 Å². The number of carbonyl (C=O) groups is 1. The van der Waals surface area contributed by atoms with Gasteiger partial charge in [0.15, 0.2) is 0 Å². The average molecular weight is 282 g/mol. The Morgan fingerprint density at radius 2 is 2.11 bits per heavy atom. The predicted octanol–water partition coefficient (Wildman–Crippen LogP) is 2.62. The molecule has 0 saturated heterocycles. The second-order valence-corrected chi connectivity index (χ2v) is 5.79. The number of hydrogen-bond acceptors (Lipinski definition) is 5. The number of hydrogen-bond donors (Lipinski definition) is 1. The zero-order chi connectivity index (χ0) is 14.1. The third kappa shape index (κ3) is 6.07. The fourth-order valence-corrected chi connectivity index (χ4v) is 2.52. The molecule has 0 bridgehead atoms. The van der Waals surface area contributed by atoms with E-state index in [0.717, 1.165) is 18.6 Å². The van der Waals surface area contributed by atoms with Gasteiger partial charge in [0.05, 0.1) is 6.61 Å². The molecule has 0 saturated carbocycles. The molecular formula is C14H22N2O2S. The fourth-order valence-electron chi connectivity index (χ4n) is 1.62. The number of thioether (sulfide) groups is 1. The van der Waals surface area contributed by atoms with E-state index in [4.69, 9.17) is 10.5 Å². The van der Waals surface area contributed by atoms with Crippen LogP contribution in [0, 0.1) is 0 Å². The first-order valence-electron chi connectivity index (χ1n) is 6.55. The summed E-state index contributed by atoms with van der Waals surface area (Å²) in [6.07, 6.45) is 6.19. The van der Waals surface area contributed by atoms with Crippen molar-refractivity contribution >= 4 is 17.7 Å². The number of pyridine rings is 1. The maximum absolute atomic E-state index is 11.6. The summed E-state index contributed by atoms with van der Waals surface area (Å²) in [7, 11) is 0. The van der Waals surface area contributed by atoms with E-state index in [1.807, 2.05) is 12.1 Å². The van der Waals surface area contributed by atoms with Crippen LogP contribution in [0.1, 0.15) is 33.1 Å².